The van der Waals surface area contributed by atoms with E-state index in [4.69, 9.17) is 19.7 Å². The molecule has 7 nitrogen and oxygen atoms in total. The largest absolute Gasteiger partial charge is 0.478 e. The first-order valence-corrected chi connectivity index (χ1v) is 6.62. The fourth-order valence-corrected chi connectivity index (χ4v) is 0.633. The third-order valence-electron chi connectivity index (χ3n) is 1.71. The van der Waals surface area contributed by atoms with Crippen molar-refractivity contribution in [1.29, 1.82) is 0 Å². The molecular weight excluding hydrogens is 280 g/mol. The van der Waals surface area contributed by atoms with Crippen molar-refractivity contribution in [2.45, 2.75) is 26.7 Å². The van der Waals surface area contributed by atoms with Crippen LogP contribution in [0.4, 0.5) is 0 Å². The number of rotatable bonds is 9. The minimum absolute atomic E-state index is 0.0922. The second kappa shape index (κ2) is 23.6. The van der Waals surface area contributed by atoms with E-state index < -0.39 is 5.97 Å². The zero-order chi connectivity index (χ0) is 16.9. The highest BCUT2D eigenvalue weighted by atomic mass is 16.5. The zero-order valence-electron chi connectivity index (χ0n) is 13.2. The van der Waals surface area contributed by atoms with Gasteiger partial charge in [0, 0.05) is 19.6 Å². The van der Waals surface area contributed by atoms with Crippen molar-refractivity contribution in [3.63, 3.8) is 0 Å². The van der Waals surface area contributed by atoms with E-state index >= 15 is 0 Å². The highest BCUT2D eigenvalue weighted by molar-refractivity contribution is 5.78. The Bertz CT molecular complexity index is 233. The summed E-state index contributed by atoms with van der Waals surface area (Å²) in [6, 6.07) is 0. The van der Waals surface area contributed by atoms with Crippen LogP contribution in [0.2, 0.25) is 0 Å². The molecule has 0 amide bonds. The summed E-state index contributed by atoms with van der Waals surface area (Å²) in [4.78, 5) is 18.8. The van der Waals surface area contributed by atoms with Gasteiger partial charge in [-0.1, -0.05) is 19.9 Å². The van der Waals surface area contributed by atoms with Crippen molar-refractivity contribution in [1.82, 2.24) is 0 Å². The molecule has 0 aliphatic carbocycles. The molecule has 0 aromatic rings. The Morgan fingerprint density at radius 3 is 1.86 bits per heavy atom. The van der Waals surface area contributed by atoms with Gasteiger partial charge in [-0.3, -0.25) is 4.79 Å². The molecule has 0 radical (unpaired) electrons. The predicted octanol–water partition coefficient (Wildman–Crippen LogP) is 1.25. The van der Waals surface area contributed by atoms with E-state index in [9.17, 15) is 9.59 Å². The van der Waals surface area contributed by atoms with Crippen LogP contribution in [0.15, 0.2) is 12.7 Å². The Balaban J connectivity index is -0.000000270. The van der Waals surface area contributed by atoms with Gasteiger partial charge in [-0.25, -0.2) is 4.79 Å². The minimum atomic E-state index is -0.981. The minimum Gasteiger partial charge on any atom is -0.478 e. The van der Waals surface area contributed by atoms with Crippen LogP contribution in [-0.2, 0) is 23.8 Å². The van der Waals surface area contributed by atoms with E-state index in [1.165, 1.54) is 14.0 Å². The SMILES string of the molecule is C=CC(=O)O.CCCCOCCOCCO.COC(C)=O. The summed E-state index contributed by atoms with van der Waals surface area (Å²) in [5.41, 5.74) is 0. The fourth-order valence-electron chi connectivity index (χ4n) is 0.633. The number of methoxy groups -OCH3 is 1. The lowest BCUT2D eigenvalue weighted by atomic mass is 10.4. The van der Waals surface area contributed by atoms with Gasteiger partial charge in [-0.05, 0) is 6.42 Å². The second-order valence-electron chi connectivity index (χ2n) is 3.54. The van der Waals surface area contributed by atoms with Gasteiger partial charge in [0.1, 0.15) is 0 Å². The van der Waals surface area contributed by atoms with Crippen LogP contribution in [-0.4, -0.2) is 62.3 Å². The number of aliphatic hydroxyl groups excluding tert-OH is 1. The number of carboxylic acids is 1. The van der Waals surface area contributed by atoms with Gasteiger partial charge in [-0.2, -0.15) is 0 Å². The van der Waals surface area contributed by atoms with Gasteiger partial charge in [0.2, 0.25) is 0 Å². The monoisotopic (exact) mass is 308 g/mol. The molecule has 0 aromatic carbocycles. The summed E-state index contributed by atoms with van der Waals surface area (Å²) in [6.45, 7) is 9.00. The molecule has 0 spiro atoms. The summed E-state index contributed by atoms with van der Waals surface area (Å²) in [5, 5.41) is 15.9. The third kappa shape index (κ3) is 45.6. The molecule has 0 saturated heterocycles. The maximum absolute atomic E-state index is 9.59. The van der Waals surface area contributed by atoms with Gasteiger partial charge in [0.25, 0.3) is 0 Å². The topological polar surface area (TPSA) is 102 Å². The quantitative estimate of drug-likeness (QED) is 0.375. The maximum atomic E-state index is 9.59. The molecule has 0 fully saturated rings. The lowest BCUT2D eigenvalue weighted by Crippen LogP contribution is -2.07. The number of esters is 1. The number of carbonyl (C=O) groups is 2. The molecule has 0 rings (SSSR count). The maximum Gasteiger partial charge on any atom is 0.327 e. The average molecular weight is 308 g/mol. The molecular formula is C14H28O7. The predicted molar refractivity (Wildman–Crippen MR) is 79.2 cm³/mol. The zero-order valence-corrected chi connectivity index (χ0v) is 13.2. The van der Waals surface area contributed by atoms with Gasteiger partial charge >= 0.3 is 11.9 Å². The lowest BCUT2D eigenvalue weighted by Gasteiger charge is -2.02. The highest BCUT2D eigenvalue weighted by Crippen LogP contribution is 1.87. The molecule has 0 atom stereocenters. The first kappa shape index (κ1) is 24.6. The standard InChI is InChI=1S/C8H18O3.C3H6O2.C3H4O2/c1-2-3-5-10-7-8-11-6-4-9;1-3(4)5-2;1-2-3(4)5/h9H,2-8H2,1H3;1-2H3;2H,1H2,(H,4,5). The molecule has 7 heteroatoms. The Hall–Kier alpha value is -1.44. The molecule has 0 heterocycles. The van der Waals surface area contributed by atoms with Crippen molar-refractivity contribution in [3.05, 3.63) is 12.7 Å². The van der Waals surface area contributed by atoms with Crippen LogP contribution in [0.25, 0.3) is 0 Å². The van der Waals surface area contributed by atoms with E-state index in [1.54, 1.807) is 0 Å². The number of unbranched alkanes of at least 4 members (excludes halogenated alkanes) is 1. The average Bonchev–Trinajstić information content (AvgIpc) is 2.47. The van der Waals surface area contributed by atoms with Crippen molar-refractivity contribution in [3.8, 4) is 0 Å². The summed E-state index contributed by atoms with van der Waals surface area (Å²) in [6.07, 6.45) is 3.11. The summed E-state index contributed by atoms with van der Waals surface area (Å²) in [5.74, 6) is -1.23. The molecule has 0 unspecified atom stereocenters. The van der Waals surface area contributed by atoms with Crippen molar-refractivity contribution >= 4 is 11.9 Å². The van der Waals surface area contributed by atoms with Crippen LogP contribution < -0.4 is 0 Å². The number of aliphatic carboxylic acids is 1. The molecule has 21 heavy (non-hydrogen) atoms. The summed E-state index contributed by atoms with van der Waals surface area (Å²) in [7, 11) is 1.35. The van der Waals surface area contributed by atoms with E-state index in [2.05, 4.69) is 18.2 Å². The highest BCUT2D eigenvalue weighted by Gasteiger charge is 1.87. The number of hydrogen-bond donors (Lipinski definition) is 2. The van der Waals surface area contributed by atoms with Crippen LogP contribution in [0.1, 0.15) is 26.7 Å². The number of aliphatic hydroxyl groups is 1. The molecule has 0 aromatic heterocycles. The summed E-state index contributed by atoms with van der Waals surface area (Å²) >= 11 is 0. The molecule has 0 aliphatic heterocycles. The lowest BCUT2D eigenvalue weighted by molar-refractivity contribution is -0.138. The number of ether oxygens (including phenoxy) is 3. The molecule has 0 aliphatic rings. The van der Waals surface area contributed by atoms with Crippen molar-refractivity contribution < 1.29 is 34.0 Å². The number of carboxylic acid groups (broad SMARTS) is 1. The van der Waals surface area contributed by atoms with Crippen LogP contribution in [0.5, 0.6) is 0 Å². The smallest absolute Gasteiger partial charge is 0.327 e. The Morgan fingerprint density at radius 2 is 1.57 bits per heavy atom. The molecule has 2 N–H and O–H groups in total. The van der Waals surface area contributed by atoms with Crippen LogP contribution in [0.3, 0.4) is 0 Å². The van der Waals surface area contributed by atoms with E-state index in [0.29, 0.717) is 19.8 Å². The Labute approximate surface area is 126 Å². The third-order valence-corrected chi connectivity index (χ3v) is 1.71. The van der Waals surface area contributed by atoms with Gasteiger partial charge in [0.15, 0.2) is 0 Å². The van der Waals surface area contributed by atoms with Gasteiger partial charge < -0.3 is 24.4 Å². The summed E-state index contributed by atoms with van der Waals surface area (Å²) < 4.78 is 14.3. The number of hydrogen-bond acceptors (Lipinski definition) is 6. The van der Waals surface area contributed by atoms with Gasteiger partial charge in [-0.15, -0.1) is 0 Å². The second-order valence-corrected chi connectivity index (χ2v) is 3.54. The van der Waals surface area contributed by atoms with E-state index in [1.807, 2.05) is 0 Å². The molecule has 0 saturated carbocycles. The molecule has 0 bridgehead atoms. The van der Waals surface area contributed by atoms with Crippen molar-refractivity contribution in [2.75, 3.05) is 40.1 Å². The first-order valence-electron chi connectivity index (χ1n) is 6.62. The number of carbonyl (C=O) groups excluding carboxylic acids is 1. The fraction of sp³-hybridized carbons (Fsp3) is 0.714. The normalized spacial score (nSPS) is 8.57. The van der Waals surface area contributed by atoms with Crippen LogP contribution >= 0.6 is 0 Å². The van der Waals surface area contributed by atoms with E-state index in [-0.39, 0.29) is 12.6 Å². The molecule has 126 valence electrons. The van der Waals surface area contributed by atoms with Gasteiger partial charge in [0.05, 0.1) is 33.5 Å². The Morgan fingerprint density at radius 1 is 1.14 bits per heavy atom. The van der Waals surface area contributed by atoms with Crippen LogP contribution in [0, 0.1) is 0 Å². The first-order chi connectivity index (χ1) is 9.95. The van der Waals surface area contributed by atoms with E-state index in [0.717, 1.165) is 25.5 Å². The van der Waals surface area contributed by atoms with Crippen molar-refractivity contribution in [2.24, 2.45) is 0 Å². The Kier molecular flexibility index (Phi) is 27.7.